The van der Waals surface area contributed by atoms with Crippen LogP contribution in [0.3, 0.4) is 0 Å². The maximum absolute atomic E-state index is 13.4. The Morgan fingerprint density at radius 3 is 2.48 bits per heavy atom. The molecule has 0 aliphatic rings. The number of nitrogens with two attached hydrogens (primary N) is 1. The highest BCUT2D eigenvalue weighted by Crippen LogP contribution is 2.26. The molecule has 4 nitrogen and oxygen atoms in total. The molecule has 0 unspecified atom stereocenters. The molecule has 0 saturated carbocycles. The molecule has 21 heavy (non-hydrogen) atoms. The van der Waals surface area contributed by atoms with Crippen molar-refractivity contribution in [1.29, 1.82) is 0 Å². The zero-order valence-electron chi connectivity index (χ0n) is 10.6. The lowest BCUT2D eigenvalue weighted by molar-refractivity contribution is 0.574. The number of anilines is 1. The minimum atomic E-state index is -3.98. The molecule has 0 aliphatic heterocycles. The van der Waals surface area contributed by atoms with E-state index in [1.165, 1.54) is 18.2 Å². The number of nitrogens with one attached hydrogen (secondary N) is 1. The van der Waals surface area contributed by atoms with Crippen LogP contribution >= 0.6 is 15.9 Å². The van der Waals surface area contributed by atoms with Crippen LogP contribution in [0.1, 0.15) is 5.56 Å². The maximum atomic E-state index is 13.4. The van der Waals surface area contributed by atoms with Crippen molar-refractivity contribution in [3.8, 4) is 0 Å². The summed E-state index contributed by atoms with van der Waals surface area (Å²) >= 11 is 2.90. The first-order chi connectivity index (χ1) is 9.81. The number of nitrogen functional groups attached to an aromatic ring is 1. The van der Waals surface area contributed by atoms with Crippen molar-refractivity contribution in [3.05, 3.63) is 58.1 Å². The van der Waals surface area contributed by atoms with Gasteiger partial charge in [0.15, 0.2) is 0 Å². The van der Waals surface area contributed by atoms with Crippen LogP contribution in [0.5, 0.6) is 0 Å². The van der Waals surface area contributed by atoms with Gasteiger partial charge in [0.1, 0.15) is 16.5 Å². The Balaban J connectivity index is 2.27. The van der Waals surface area contributed by atoms with Crippen LogP contribution in [-0.2, 0) is 16.6 Å². The lowest BCUT2D eigenvalue weighted by Gasteiger charge is -2.10. The minimum absolute atomic E-state index is 0.0250. The Bertz CT molecular complexity index is 782. The summed E-state index contributed by atoms with van der Waals surface area (Å²) < 4.78 is 53.2. The van der Waals surface area contributed by atoms with E-state index in [9.17, 15) is 17.2 Å². The van der Waals surface area contributed by atoms with Gasteiger partial charge in [-0.1, -0.05) is 18.2 Å². The molecule has 0 atom stereocenters. The van der Waals surface area contributed by atoms with Crippen LogP contribution in [0.15, 0.2) is 45.8 Å². The van der Waals surface area contributed by atoms with Gasteiger partial charge in [-0.3, -0.25) is 0 Å². The molecule has 0 heterocycles. The summed E-state index contributed by atoms with van der Waals surface area (Å²) in [6.45, 7) is -0.233. The van der Waals surface area contributed by atoms with Crippen molar-refractivity contribution in [2.45, 2.75) is 11.4 Å². The van der Waals surface area contributed by atoms with E-state index in [1.54, 1.807) is 6.07 Å². The van der Waals surface area contributed by atoms with Crippen molar-refractivity contribution >= 4 is 31.6 Å². The van der Waals surface area contributed by atoms with Crippen LogP contribution < -0.4 is 10.5 Å². The zero-order chi connectivity index (χ0) is 15.6. The van der Waals surface area contributed by atoms with Gasteiger partial charge >= 0.3 is 0 Å². The van der Waals surface area contributed by atoms with Gasteiger partial charge in [0, 0.05) is 12.1 Å². The second-order valence-electron chi connectivity index (χ2n) is 4.22. The Hall–Kier alpha value is -1.51. The first kappa shape index (κ1) is 15.9. The molecule has 0 spiro atoms. The van der Waals surface area contributed by atoms with E-state index in [-0.39, 0.29) is 27.2 Å². The molecule has 0 aliphatic carbocycles. The van der Waals surface area contributed by atoms with Crippen LogP contribution in [0, 0.1) is 11.6 Å². The van der Waals surface area contributed by atoms with E-state index < -0.39 is 21.7 Å². The highest BCUT2D eigenvalue weighted by molar-refractivity contribution is 9.10. The Kier molecular flexibility index (Phi) is 4.60. The molecule has 2 aromatic carbocycles. The van der Waals surface area contributed by atoms with Gasteiger partial charge in [0.05, 0.1) is 10.2 Å². The fraction of sp³-hybridized carbons (Fsp3) is 0.0769. The second kappa shape index (κ2) is 6.08. The first-order valence-corrected chi connectivity index (χ1v) is 8.06. The van der Waals surface area contributed by atoms with Crippen LogP contribution in [-0.4, -0.2) is 8.42 Å². The number of rotatable bonds is 4. The molecule has 8 heteroatoms. The molecule has 112 valence electrons. The van der Waals surface area contributed by atoms with E-state index >= 15 is 0 Å². The molecule has 0 aromatic heterocycles. The number of halogens is 3. The van der Waals surface area contributed by atoms with Crippen molar-refractivity contribution in [2.75, 3.05) is 5.73 Å². The lowest BCUT2D eigenvalue weighted by atomic mass is 10.2. The standard InChI is InChI=1S/C13H11BrF2N2O2S/c14-9-5-13(12(17)6-11(9)16)21(19,20)18-7-8-3-1-2-4-10(8)15/h1-6,18H,7,17H2. The molecule has 2 rings (SSSR count). The number of sulfonamides is 1. The highest BCUT2D eigenvalue weighted by Gasteiger charge is 2.20. The van der Waals surface area contributed by atoms with Crippen molar-refractivity contribution in [2.24, 2.45) is 0 Å². The van der Waals surface area contributed by atoms with Crippen molar-refractivity contribution in [1.82, 2.24) is 4.72 Å². The summed E-state index contributed by atoms with van der Waals surface area (Å²) in [5.41, 5.74) is 5.49. The minimum Gasteiger partial charge on any atom is -0.398 e. The Morgan fingerprint density at radius 1 is 1.14 bits per heavy atom. The average Bonchev–Trinajstić information content (AvgIpc) is 2.42. The van der Waals surface area contributed by atoms with Gasteiger partial charge in [0.2, 0.25) is 10.0 Å². The van der Waals surface area contributed by atoms with E-state index in [0.29, 0.717) is 0 Å². The van der Waals surface area contributed by atoms with Gasteiger partial charge in [0.25, 0.3) is 0 Å². The second-order valence-corrected chi connectivity index (χ2v) is 6.81. The first-order valence-electron chi connectivity index (χ1n) is 5.79. The van der Waals surface area contributed by atoms with E-state index in [4.69, 9.17) is 5.73 Å². The summed E-state index contributed by atoms with van der Waals surface area (Å²) in [6, 6.07) is 7.75. The fourth-order valence-electron chi connectivity index (χ4n) is 1.67. The summed E-state index contributed by atoms with van der Waals surface area (Å²) in [4.78, 5) is -0.271. The largest absolute Gasteiger partial charge is 0.398 e. The van der Waals surface area contributed by atoms with Gasteiger partial charge < -0.3 is 5.73 Å². The van der Waals surface area contributed by atoms with Crippen LogP contribution in [0.2, 0.25) is 0 Å². The quantitative estimate of drug-likeness (QED) is 0.805. The third-order valence-electron chi connectivity index (χ3n) is 2.75. The predicted molar refractivity (Wildman–Crippen MR) is 78.9 cm³/mol. The average molecular weight is 377 g/mol. The molecule has 0 fully saturated rings. The molecule has 0 amide bonds. The summed E-state index contributed by atoms with van der Waals surface area (Å²) in [6.07, 6.45) is 0. The SMILES string of the molecule is Nc1cc(F)c(Br)cc1S(=O)(=O)NCc1ccccc1F. The monoisotopic (exact) mass is 376 g/mol. The topological polar surface area (TPSA) is 72.2 Å². The van der Waals surface area contributed by atoms with E-state index in [0.717, 1.165) is 12.1 Å². The van der Waals surface area contributed by atoms with Gasteiger partial charge in [-0.25, -0.2) is 21.9 Å². The van der Waals surface area contributed by atoms with Crippen LogP contribution in [0.25, 0.3) is 0 Å². The van der Waals surface area contributed by atoms with Crippen molar-refractivity contribution < 1.29 is 17.2 Å². The molecule has 0 bridgehead atoms. The summed E-state index contributed by atoms with van der Waals surface area (Å²) in [5.74, 6) is -1.19. The smallest absolute Gasteiger partial charge is 0.242 e. The Morgan fingerprint density at radius 2 is 1.81 bits per heavy atom. The lowest BCUT2D eigenvalue weighted by Crippen LogP contribution is -2.24. The number of hydrogen-bond donors (Lipinski definition) is 2. The molecule has 3 N–H and O–H groups in total. The maximum Gasteiger partial charge on any atom is 0.242 e. The molecule has 2 aromatic rings. The van der Waals surface area contributed by atoms with Crippen molar-refractivity contribution in [3.63, 3.8) is 0 Å². The van der Waals surface area contributed by atoms with E-state index in [1.807, 2.05) is 0 Å². The third kappa shape index (κ3) is 3.58. The van der Waals surface area contributed by atoms with Gasteiger partial charge in [-0.15, -0.1) is 0 Å². The molecular weight excluding hydrogens is 366 g/mol. The van der Waals surface area contributed by atoms with E-state index in [2.05, 4.69) is 20.7 Å². The van der Waals surface area contributed by atoms with Crippen LogP contribution in [0.4, 0.5) is 14.5 Å². The normalized spacial score (nSPS) is 11.6. The molecule has 0 radical (unpaired) electrons. The fourth-order valence-corrected chi connectivity index (χ4v) is 3.31. The number of benzene rings is 2. The molecular formula is C13H11BrF2N2O2S. The summed E-state index contributed by atoms with van der Waals surface area (Å²) in [5, 5.41) is 0. The third-order valence-corrected chi connectivity index (χ3v) is 4.82. The van der Waals surface area contributed by atoms with Gasteiger partial charge in [-0.05, 0) is 34.1 Å². The highest BCUT2D eigenvalue weighted by atomic mass is 79.9. The molecule has 0 saturated heterocycles. The predicted octanol–water partition coefficient (Wildman–Crippen LogP) is 2.79. The number of hydrogen-bond acceptors (Lipinski definition) is 3. The summed E-state index contributed by atoms with van der Waals surface area (Å²) in [7, 11) is -3.98. The Labute approximate surface area is 129 Å². The zero-order valence-corrected chi connectivity index (χ0v) is 13.0. The van der Waals surface area contributed by atoms with Gasteiger partial charge in [-0.2, -0.15) is 0 Å².